The van der Waals surface area contributed by atoms with E-state index in [2.05, 4.69) is 61.4 Å². The number of halogens is 3. The third kappa shape index (κ3) is 3.32. The lowest BCUT2D eigenvalue weighted by molar-refractivity contribution is 0.374. The number of rotatable bonds is 3. The number of hydrogen-bond donors (Lipinski definition) is 1. The van der Waals surface area contributed by atoms with Gasteiger partial charge in [-0.05, 0) is 77.0 Å². The highest BCUT2D eigenvalue weighted by molar-refractivity contribution is 9.10. The number of anilines is 1. The Balaban J connectivity index is 1.62. The zero-order chi connectivity index (χ0) is 15.0. The molecule has 1 aliphatic rings. The molecule has 21 heavy (non-hydrogen) atoms. The SMILES string of the molecule is Cc1cc(F)c(Br)cc1NC1CC(c2ccc(Br)cc2)C1. The molecular formula is C17H16Br2FN. The fraction of sp³-hybridized carbons (Fsp3) is 0.294. The van der Waals surface area contributed by atoms with Crippen molar-refractivity contribution < 1.29 is 4.39 Å². The van der Waals surface area contributed by atoms with Crippen LogP contribution < -0.4 is 5.32 Å². The normalized spacial score (nSPS) is 21.0. The van der Waals surface area contributed by atoms with Crippen molar-refractivity contribution in [2.24, 2.45) is 0 Å². The summed E-state index contributed by atoms with van der Waals surface area (Å²) in [5.74, 6) is 0.416. The lowest BCUT2D eigenvalue weighted by Crippen LogP contribution is -2.34. The summed E-state index contributed by atoms with van der Waals surface area (Å²) in [6.07, 6.45) is 2.24. The van der Waals surface area contributed by atoms with Gasteiger partial charge in [-0.3, -0.25) is 0 Å². The minimum absolute atomic E-state index is 0.209. The summed E-state index contributed by atoms with van der Waals surface area (Å²) >= 11 is 6.71. The molecule has 0 bridgehead atoms. The zero-order valence-corrected chi connectivity index (χ0v) is 14.8. The van der Waals surface area contributed by atoms with E-state index in [4.69, 9.17) is 0 Å². The molecule has 3 rings (SSSR count). The van der Waals surface area contributed by atoms with Crippen molar-refractivity contribution in [3.05, 3.63) is 62.3 Å². The zero-order valence-electron chi connectivity index (χ0n) is 11.7. The number of aryl methyl sites for hydroxylation is 1. The van der Waals surface area contributed by atoms with E-state index in [-0.39, 0.29) is 5.82 Å². The van der Waals surface area contributed by atoms with E-state index in [1.807, 2.05) is 13.0 Å². The third-order valence-corrected chi connectivity index (χ3v) is 5.24. The molecule has 0 aliphatic heterocycles. The first-order valence-corrected chi connectivity index (χ1v) is 8.59. The van der Waals surface area contributed by atoms with Crippen LogP contribution in [0.25, 0.3) is 0 Å². The standard InChI is InChI=1S/C17H16Br2FN/c1-10-6-16(20)15(19)9-17(10)21-14-7-12(8-14)11-2-4-13(18)5-3-11/h2-6,9,12,14,21H,7-8H2,1H3. The van der Waals surface area contributed by atoms with Gasteiger partial charge in [-0.15, -0.1) is 0 Å². The van der Waals surface area contributed by atoms with Crippen LogP contribution in [0, 0.1) is 12.7 Å². The van der Waals surface area contributed by atoms with Gasteiger partial charge in [-0.1, -0.05) is 28.1 Å². The predicted octanol–water partition coefficient (Wildman–Crippen LogP) is 6.02. The summed E-state index contributed by atoms with van der Waals surface area (Å²) in [4.78, 5) is 0. The van der Waals surface area contributed by atoms with E-state index in [1.54, 1.807) is 6.07 Å². The molecule has 0 atom stereocenters. The van der Waals surface area contributed by atoms with Gasteiger partial charge in [0.1, 0.15) is 5.82 Å². The molecular weight excluding hydrogens is 397 g/mol. The molecule has 110 valence electrons. The third-order valence-electron chi connectivity index (χ3n) is 4.11. The van der Waals surface area contributed by atoms with Crippen molar-refractivity contribution >= 4 is 37.5 Å². The number of benzene rings is 2. The summed E-state index contributed by atoms with van der Waals surface area (Å²) < 4.78 is 15.1. The van der Waals surface area contributed by atoms with Crippen LogP contribution in [0.2, 0.25) is 0 Å². The average Bonchev–Trinajstić information content (AvgIpc) is 2.40. The van der Waals surface area contributed by atoms with E-state index < -0.39 is 0 Å². The molecule has 0 unspecified atom stereocenters. The second-order valence-electron chi connectivity index (χ2n) is 5.64. The maximum atomic E-state index is 13.4. The molecule has 1 N–H and O–H groups in total. The lowest BCUT2D eigenvalue weighted by atomic mass is 9.76. The Morgan fingerprint density at radius 3 is 2.43 bits per heavy atom. The Morgan fingerprint density at radius 2 is 1.76 bits per heavy atom. The molecule has 0 amide bonds. The van der Waals surface area contributed by atoms with Crippen molar-refractivity contribution in [1.29, 1.82) is 0 Å². The molecule has 0 radical (unpaired) electrons. The summed E-state index contributed by atoms with van der Waals surface area (Å²) in [5.41, 5.74) is 3.36. The van der Waals surface area contributed by atoms with Gasteiger partial charge in [0.05, 0.1) is 4.47 Å². The van der Waals surface area contributed by atoms with E-state index in [0.717, 1.165) is 28.6 Å². The lowest BCUT2D eigenvalue weighted by Gasteiger charge is -2.37. The van der Waals surface area contributed by atoms with Crippen molar-refractivity contribution in [2.75, 3.05) is 5.32 Å². The van der Waals surface area contributed by atoms with Crippen LogP contribution in [0.3, 0.4) is 0 Å². The molecule has 4 heteroatoms. The highest BCUT2D eigenvalue weighted by atomic mass is 79.9. The largest absolute Gasteiger partial charge is 0.382 e. The quantitative estimate of drug-likeness (QED) is 0.650. The van der Waals surface area contributed by atoms with Crippen LogP contribution in [0.5, 0.6) is 0 Å². The first-order valence-electron chi connectivity index (χ1n) is 7.00. The van der Waals surface area contributed by atoms with Crippen LogP contribution in [-0.2, 0) is 0 Å². The van der Waals surface area contributed by atoms with Gasteiger partial charge in [0, 0.05) is 16.2 Å². The maximum absolute atomic E-state index is 13.4. The average molecular weight is 413 g/mol. The van der Waals surface area contributed by atoms with Crippen molar-refractivity contribution in [3.63, 3.8) is 0 Å². The van der Waals surface area contributed by atoms with Crippen LogP contribution in [0.1, 0.15) is 29.9 Å². The van der Waals surface area contributed by atoms with E-state index in [9.17, 15) is 4.39 Å². The highest BCUT2D eigenvalue weighted by Gasteiger charge is 2.30. The maximum Gasteiger partial charge on any atom is 0.137 e. The summed E-state index contributed by atoms with van der Waals surface area (Å²) in [6.45, 7) is 1.93. The summed E-state index contributed by atoms with van der Waals surface area (Å²) in [5, 5.41) is 3.52. The second-order valence-corrected chi connectivity index (χ2v) is 7.41. The molecule has 0 aromatic heterocycles. The second kappa shape index (κ2) is 6.09. The Kier molecular flexibility index (Phi) is 4.36. The number of nitrogens with one attached hydrogen (secondary N) is 1. The van der Waals surface area contributed by atoms with Crippen LogP contribution in [0.15, 0.2) is 45.3 Å². The van der Waals surface area contributed by atoms with Crippen molar-refractivity contribution in [3.8, 4) is 0 Å². The molecule has 1 nitrogen and oxygen atoms in total. The van der Waals surface area contributed by atoms with Crippen LogP contribution in [-0.4, -0.2) is 6.04 Å². The molecule has 0 saturated heterocycles. The smallest absolute Gasteiger partial charge is 0.137 e. The van der Waals surface area contributed by atoms with Gasteiger partial charge in [0.2, 0.25) is 0 Å². The Hall–Kier alpha value is -0.870. The van der Waals surface area contributed by atoms with Crippen molar-refractivity contribution in [2.45, 2.75) is 31.7 Å². The van der Waals surface area contributed by atoms with Gasteiger partial charge < -0.3 is 5.32 Å². The van der Waals surface area contributed by atoms with Gasteiger partial charge in [-0.2, -0.15) is 0 Å². The fourth-order valence-corrected chi connectivity index (χ4v) is 3.37. The first kappa shape index (κ1) is 15.0. The summed E-state index contributed by atoms with van der Waals surface area (Å²) in [7, 11) is 0. The minimum Gasteiger partial charge on any atom is -0.382 e. The van der Waals surface area contributed by atoms with E-state index >= 15 is 0 Å². The number of hydrogen-bond acceptors (Lipinski definition) is 1. The Labute approximate surface area is 141 Å². The topological polar surface area (TPSA) is 12.0 Å². The van der Waals surface area contributed by atoms with E-state index in [1.165, 1.54) is 5.56 Å². The first-order chi connectivity index (χ1) is 10.0. The molecule has 2 aromatic carbocycles. The predicted molar refractivity (Wildman–Crippen MR) is 92.4 cm³/mol. The van der Waals surface area contributed by atoms with E-state index in [0.29, 0.717) is 16.4 Å². The molecule has 0 spiro atoms. The van der Waals surface area contributed by atoms with Crippen LogP contribution >= 0.6 is 31.9 Å². The molecule has 0 heterocycles. The summed E-state index contributed by atoms with van der Waals surface area (Å²) in [6, 6.07) is 12.4. The van der Waals surface area contributed by atoms with Gasteiger partial charge in [0.15, 0.2) is 0 Å². The fourth-order valence-electron chi connectivity index (χ4n) is 2.76. The van der Waals surface area contributed by atoms with Gasteiger partial charge in [-0.25, -0.2) is 4.39 Å². The monoisotopic (exact) mass is 411 g/mol. The van der Waals surface area contributed by atoms with Gasteiger partial charge in [0.25, 0.3) is 0 Å². The molecule has 1 fully saturated rings. The Morgan fingerprint density at radius 1 is 1.10 bits per heavy atom. The highest BCUT2D eigenvalue weighted by Crippen LogP contribution is 2.39. The molecule has 1 aliphatic carbocycles. The minimum atomic E-state index is -0.209. The molecule has 2 aromatic rings. The van der Waals surface area contributed by atoms with Gasteiger partial charge >= 0.3 is 0 Å². The Bertz CT molecular complexity index is 649. The molecule has 1 saturated carbocycles. The van der Waals surface area contributed by atoms with Crippen LogP contribution in [0.4, 0.5) is 10.1 Å². The van der Waals surface area contributed by atoms with Crippen molar-refractivity contribution in [1.82, 2.24) is 0 Å².